The molecule has 0 aliphatic carbocycles. The van der Waals surface area contributed by atoms with Crippen molar-refractivity contribution in [3.05, 3.63) is 54.1 Å². The monoisotopic (exact) mass is 468 g/mol. The molecule has 0 heterocycles. The number of nitrogens with one attached hydrogen (secondary N) is 1. The Kier molecular flexibility index (Phi) is 7.72. The Hall–Kier alpha value is -2.59. The summed E-state index contributed by atoms with van der Waals surface area (Å²) in [6, 6.07) is 12.3. The predicted molar refractivity (Wildman–Crippen MR) is 121 cm³/mol. The largest absolute Gasteiger partial charge is 0.491 e. The Morgan fingerprint density at radius 1 is 1.00 bits per heavy atom. The second-order valence-corrected chi connectivity index (χ2v) is 11.5. The number of nitrogens with zero attached hydrogens (tertiary/aromatic N) is 1. The fourth-order valence-corrected chi connectivity index (χ4v) is 4.37. The summed E-state index contributed by atoms with van der Waals surface area (Å²) in [6.45, 7) is 5.04. The van der Waals surface area contributed by atoms with Crippen LogP contribution in [0.25, 0.3) is 0 Å². The van der Waals surface area contributed by atoms with E-state index < -0.39 is 38.4 Å². The maximum Gasteiger partial charge on any atom is 0.241 e. The third-order valence-corrected chi connectivity index (χ3v) is 6.62. The van der Waals surface area contributed by atoms with Crippen molar-refractivity contribution in [2.24, 2.45) is 0 Å². The lowest BCUT2D eigenvalue weighted by Gasteiger charge is -2.24. The number of rotatable bonds is 9. The summed E-state index contributed by atoms with van der Waals surface area (Å²) in [7, 11) is -7.04. The highest BCUT2D eigenvalue weighted by Crippen LogP contribution is 2.24. The molecule has 8 nitrogen and oxygen atoms in total. The van der Waals surface area contributed by atoms with Crippen LogP contribution >= 0.6 is 0 Å². The number of hydrogen-bond donors (Lipinski definition) is 1. The lowest BCUT2D eigenvalue weighted by Crippen LogP contribution is -2.41. The van der Waals surface area contributed by atoms with Crippen LogP contribution in [0.1, 0.15) is 32.4 Å². The van der Waals surface area contributed by atoms with Crippen molar-refractivity contribution in [2.45, 2.75) is 37.8 Å². The van der Waals surface area contributed by atoms with E-state index in [1.807, 2.05) is 13.8 Å². The minimum atomic E-state index is -3.73. The third-order valence-electron chi connectivity index (χ3n) is 4.35. The second-order valence-electron chi connectivity index (χ2n) is 7.56. The number of amides is 1. The first-order chi connectivity index (χ1) is 14.3. The summed E-state index contributed by atoms with van der Waals surface area (Å²) in [5.74, 6) is 0.00110. The summed E-state index contributed by atoms with van der Waals surface area (Å²) < 4.78 is 54.5. The van der Waals surface area contributed by atoms with Crippen LogP contribution in [0.5, 0.6) is 5.75 Å². The number of sulfone groups is 1. The van der Waals surface area contributed by atoms with E-state index in [2.05, 4.69) is 5.32 Å². The summed E-state index contributed by atoms with van der Waals surface area (Å²) in [5, 5.41) is 2.75. The fraction of sp³-hybridized carbons (Fsp3) is 0.381. The lowest BCUT2D eigenvalue weighted by molar-refractivity contribution is -0.120. The van der Waals surface area contributed by atoms with Gasteiger partial charge in [0.05, 0.1) is 29.0 Å². The number of anilines is 1. The van der Waals surface area contributed by atoms with Crippen LogP contribution in [0, 0.1) is 0 Å². The molecule has 2 aromatic carbocycles. The number of benzene rings is 2. The highest BCUT2D eigenvalue weighted by Gasteiger charge is 2.22. The normalized spacial score (nSPS) is 13.0. The topological polar surface area (TPSA) is 110 Å². The van der Waals surface area contributed by atoms with Crippen molar-refractivity contribution in [2.75, 3.05) is 23.4 Å². The molecule has 0 bridgehead atoms. The van der Waals surface area contributed by atoms with E-state index in [-0.39, 0.29) is 11.0 Å². The molecule has 0 radical (unpaired) electrons. The number of carbonyl (C=O) groups excluding carboxylic acids is 1. The van der Waals surface area contributed by atoms with Crippen molar-refractivity contribution in [3.63, 3.8) is 0 Å². The Balaban J connectivity index is 2.16. The minimum absolute atomic E-state index is 0.0832. The van der Waals surface area contributed by atoms with Gasteiger partial charge in [-0.15, -0.1) is 0 Å². The molecule has 1 N–H and O–H groups in total. The molecule has 10 heteroatoms. The molecule has 1 unspecified atom stereocenters. The molecule has 0 aliphatic heterocycles. The molecule has 0 saturated heterocycles. The maximum atomic E-state index is 12.6. The first-order valence-electron chi connectivity index (χ1n) is 9.61. The van der Waals surface area contributed by atoms with E-state index in [0.29, 0.717) is 17.0 Å². The number of ether oxygens (including phenoxy) is 1. The number of carbonyl (C=O) groups is 1. The van der Waals surface area contributed by atoms with Gasteiger partial charge in [-0.2, -0.15) is 0 Å². The third kappa shape index (κ3) is 7.25. The smallest absolute Gasteiger partial charge is 0.241 e. The number of sulfonamides is 1. The van der Waals surface area contributed by atoms with Gasteiger partial charge >= 0.3 is 0 Å². The van der Waals surface area contributed by atoms with Crippen LogP contribution in [0.15, 0.2) is 53.4 Å². The Morgan fingerprint density at radius 3 is 2.13 bits per heavy atom. The van der Waals surface area contributed by atoms with Crippen molar-refractivity contribution in [3.8, 4) is 5.75 Å². The molecule has 31 heavy (non-hydrogen) atoms. The molecule has 0 spiro atoms. The van der Waals surface area contributed by atoms with Gasteiger partial charge in [0.15, 0.2) is 9.84 Å². The zero-order chi connectivity index (χ0) is 23.4. The second kappa shape index (κ2) is 9.69. The van der Waals surface area contributed by atoms with Gasteiger partial charge in [-0.05, 0) is 50.6 Å². The SMILES string of the molecule is CC(C)Oc1cccc(N(CC(=O)NC(C)c2ccc(S(C)(=O)=O)cc2)S(C)(=O)=O)c1. The molecule has 1 amide bonds. The van der Waals surface area contributed by atoms with E-state index in [1.165, 1.54) is 12.1 Å². The summed E-state index contributed by atoms with van der Waals surface area (Å²) in [6.07, 6.45) is 2.07. The van der Waals surface area contributed by atoms with Crippen LogP contribution in [-0.2, 0) is 24.7 Å². The first kappa shape index (κ1) is 24.7. The molecule has 0 saturated carbocycles. The van der Waals surface area contributed by atoms with Crippen molar-refractivity contribution >= 4 is 31.5 Å². The van der Waals surface area contributed by atoms with Crippen LogP contribution in [0.2, 0.25) is 0 Å². The Bertz CT molecular complexity index is 1130. The van der Waals surface area contributed by atoms with Crippen molar-refractivity contribution < 1.29 is 26.4 Å². The van der Waals surface area contributed by atoms with Crippen LogP contribution in [0.4, 0.5) is 5.69 Å². The van der Waals surface area contributed by atoms with Crippen LogP contribution in [-0.4, -0.2) is 47.9 Å². The summed E-state index contributed by atoms with van der Waals surface area (Å²) in [5.41, 5.74) is 1.01. The van der Waals surface area contributed by atoms with Crippen LogP contribution < -0.4 is 14.4 Å². The van der Waals surface area contributed by atoms with Gasteiger partial charge in [0.25, 0.3) is 0 Å². The highest BCUT2D eigenvalue weighted by atomic mass is 32.2. The molecular formula is C21H28N2O6S2. The maximum absolute atomic E-state index is 12.6. The van der Waals surface area contributed by atoms with Gasteiger partial charge in [0.2, 0.25) is 15.9 Å². The zero-order valence-electron chi connectivity index (χ0n) is 18.2. The molecule has 0 aliphatic rings. The molecule has 2 rings (SSSR count). The van der Waals surface area contributed by atoms with Gasteiger partial charge in [-0.3, -0.25) is 9.10 Å². The molecular weight excluding hydrogens is 440 g/mol. The van der Waals surface area contributed by atoms with E-state index in [4.69, 9.17) is 4.74 Å². The van der Waals surface area contributed by atoms with Gasteiger partial charge in [0, 0.05) is 12.3 Å². The molecule has 1 atom stereocenters. The molecule has 170 valence electrons. The average molecular weight is 469 g/mol. The fourth-order valence-electron chi connectivity index (χ4n) is 2.89. The molecule has 2 aromatic rings. The predicted octanol–water partition coefficient (Wildman–Crippen LogP) is 2.52. The lowest BCUT2D eigenvalue weighted by atomic mass is 10.1. The van der Waals surface area contributed by atoms with Gasteiger partial charge < -0.3 is 10.1 Å². The van der Waals surface area contributed by atoms with E-state index in [1.54, 1.807) is 43.3 Å². The van der Waals surface area contributed by atoms with Crippen molar-refractivity contribution in [1.29, 1.82) is 0 Å². The van der Waals surface area contributed by atoms with E-state index >= 15 is 0 Å². The quantitative estimate of drug-likeness (QED) is 0.606. The van der Waals surface area contributed by atoms with E-state index in [0.717, 1.165) is 16.8 Å². The minimum Gasteiger partial charge on any atom is -0.491 e. The zero-order valence-corrected chi connectivity index (χ0v) is 19.8. The van der Waals surface area contributed by atoms with Crippen LogP contribution in [0.3, 0.4) is 0 Å². The Labute approximate surface area is 184 Å². The standard InChI is InChI=1S/C21H28N2O6S2/c1-15(2)29-19-8-6-7-18(13-19)23(31(5,27)28)14-21(24)22-16(3)17-9-11-20(12-10-17)30(4,25)26/h6-13,15-16H,14H2,1-5H3,(H,22,24). The van der Waals surface area contributed by atoms with Crippen molar-refractivity contribution in [1.82, 2.24) is 5.32 Å². The van der Waals surface area contributed by atoms with E-state index in [9.17, 15) is 21.6 Å². The van der Waals surface area contributed by atoms with Gasteiger partial charge in [-0.25, -0.2) is 16.8 Å². The number of hydrogen-bond acceptors (Lipinski definition) is 6. The first-order valence-corrected chi connectivity index (χ1v) is 13.3. The molecule has 0 fully saturated rings. The Morgan fingerprint density at radius 2 is 1.61 bits per heavy atom. The van der Waals surface area contributed by atoms with Gasteiger partial charge in [-0.1, -0.05) is 18.2 Å². The highest BCUT2D eigenvalue weighted by molar-refractivity contribution is 7.92. The summed E-state index contributed by atoms with van der Waals surface area (Å²) in [4.78, 5) is 12.8. The summed E-state index contributed by atoms with van der Waals surface area (Å²) >= 11 is 0. The molecule has 0 aromatic heterocycles. The van der Waals surface area contributed by atoms with Gasteiger partial charge in [0.1, 0.15) is 12.3 Å². The average Bonchev–Trinajstić information content (AvgIpc) is 2.64.